The molecule has 0 radical (unpaired) electrons. The van der Waals surface area contributed by atoms with Crippen molar-refractivity contribution in [3.63, 3.8) is 0 Å². The van der Waals surface area contributed by atoms with E-state index in [1.807, 2.05) is 49.4 Å². The van der Waals surface area contributed by atoms with Crippen LogP contribution >= 0.6 is 0 Å². The first-order chi connectivity index (χ1) is 9.63. The second kappa shape index (κ2) is 6.38. The minimum Gasteiger partial charge on any atom is -0.322 e. The molecule has 0 aliphatic rings. The van der Waals surface area contributed by atoms with Crippen LogP contribution < -0.4 is 5.32 Å². The Labute approximate surface area is 120 Å². The van der Waals surface area contributed by atoms with E-state index in [0.717, 1.165) is 23.2 Å². The first kappa shape index (κ1) is 14.3. The lowest BCUT2D eigenvalue weighted by Crippen LogP contribution is -2.15. The fraction of sp³-hybridized carbons (Fsp3) is 0.278. The van der Waals surface area contributed by atoms with Crippen LogP contribution in [0.25, 0.3) is 0 Å². The number of carbonyl (C=O) groups excluding carboxylic acids is 1. The molecule has 0 bridgehead atoms. The fourth-order valence-electron chi connectivity index (χ4n) is 2.28. The number of hydrogen-bond acceptors (Lipinski definition) is 1. The number of aryl methyl sites for hydroxylation is 1. The van der Waals surface area contributed by atoms with E-state index in [9.17, 15) is 4.79 Å². The van der Waals surface area contributed by atoms with E-state index in [1.54, 1.807) is 0 Å². The standard InChI is InChI=1S/C18H21NO/c1-4-13(2)15-10-7-8-12-17(15)19-18(20)16-11-6-5-9-14(16)3/h5-13H,4H2,1-3H3,(H,19,20)/t13-/m1/s1. The van der Waals surface area contributed by atoms with Crippen molar-refractivity contribution >= 4 is 11.6 Å². The molecule has 2 heteroatoms. The van der Waals surface area contributed by atoms with Crippen LogP contribution in [0.1, 0.15) is 47.7 Å². The maximum atomic E-state index is 12.4. The summed E-state index contributed by atoms with van der Waals surface area (Å²) in [5, 5.41) is 3.04. The van der Waals surface area contributed by atoms with Crippen molar-refractivity contribution in [3.8, 4) is 0 Å². The maximum Gasteiger partial charge on any atom is 0.255 e. The number of amides is 1. The van der Waals surface area contributed by atoms with E-state index in [0.29, 0.717) is 5.92 Å². The molecular formula is C18H21NO. The molecule has 2 aromatic carbocycles. The molecule has 2 nitrogen and oxygen atoms in total. The molecule has 2 aromatic rings. The fourth-order valence-corrected chi connectivity index (χ4v) is 2.28. The molecule has 20 heavy (non-hydrogen) atoms. The van der Waals surface area contributed by atoms with Crippen LogP contribution in [0.5, 0.6) is 0 Å². The normalized spacial score (nSPS) is 11.9. The van der Waals surface area contributed by atoms with Crippen molar-refractivity contribution in [3.05, 3.63) is 65.2 Å². The first-order valence-corrected chi connectivity index (χ1v) is 7.09. The Hall–Kier alpha value is -2.09. The summed E-state index contributed by atoms with van der Waals surface area (Å²) in [7, 11) is 0. The minimum atomic E-state index is -0.0427. The van der Waals surface area contributed by atoms with Gasteiger partial charge in [-0.1, -0.05) is 50.2 Å². The van der Waals surface area contributed by atoms with E-state index >= 15 is 0 Å². The van der Waals surface area contributed by atoms with Crippen LogP contribution in [0.4, 0.5) is 5.69 Å². The molecule has 0 aliphatic carbocycles. The molecule has 0 heterocycles. The highest BCUT2D eigenvalue weighted by molar-refractivity contribution is 6.05. The van der Waals surface area contributed by atoms with Gasteiger partial charge in [0.2, 0.25) is 0 Å². The molecular weight excluding hydrogens is 246 g/mol. The number of nitrogens with one attached hydrogen (secondary N) is 1. The lowest BCUT2D eigenvalue weighted by atomic mass is 9.96. The van der Waals surface area contributed by atoms with Gasteiger partial charge in [0.25, 0.3) is 5.91 Å². The Morgan fingerprint density at radius 1 is 1.10 bits per heavy atom. The number of rotatable bonds is 4. The number of benzene rings is 2. The molecule has 0 fully saturated rings. The van der Waals surface area contributed by atoms with Gasteiger partial charge in [-0.3, -0.25) is 4.79 Å². The highest BCUT2D eigenvalue weighted by Gasteiger charge is 2.13. The topological polar surface area (TPSA) is 29.1 Å². The van der Waals surface area contributed by atoms with Crippen LogP contribution in [0.15, 0.2) is 48.5 Å². The van der Waals surface area contributed by atoms with Gasteiger partial charge in [0.15, 0.2) is 0 Å². The zero-order chi connectivity index (χ0) is 14.5. The van der Waals surface area contributed by atoms with Crippen molar-refractivity contribution in [1.82, 2.24) is 0 Å². The highest BCUT2D eigenvalue weighted by Crippen LogP contribution is 2.27. The van der Waals surface area contributed by atoms with Crippen molar-refractivity contribution in [2.24, 2.45) is 0 Å². The smallest absolute Gasteiger partial charge is 0.255 e. The summed E-state index contributed by atoms with van der Waals surface area (Å²) in [6.45, 7) is 6.29. The zero-order valence-corrected chi connectivity index (χ0v) is 12.3. The van der Waals surface area contributed by atoms with Crippen LogP contribution in [-0.4, -0.2) is 5.91 Å². The Kier molecular flexibility index (Phi) is 4.57. The van der Waals surface area contributed by atoms with Crippen LogP contribution in [0, 0.1) is 6.92 Å². The Balaban J connectivity index is 2.27. The summed E-state index contributed by atoms with van der Waals surface area (Å²) in [6.07, 6.45) is 1.05. The highest BCUT2D eigenvalue weighted by atomic mass is 16.1. The van der Waals surface area contributed by atoms with E-state index in [-0.39, 0.29) is 5.91 Å². The predicted molar refractivity (Wildman–Crippen MR) is 84.3 cm³/mol. The monoisotopic (exact) mass is 267 g/mol. The quantitative estimate of drug-likeness (QED) is 0.850. The summed E-state index contributed by atoms with van der Waals surface area (Å²) in [5.74, 6) is 0.391. The summed E-state index contributed by atoms with van der Waals surface area (Å²) in [6, 6.07) is 15.7. The SMILES string of the molecule is CC[C@@H](C)c1ccccc1NC(=O)c1ccccc1C. The average Bonchev–Trinajstić information content (AvgIpc) is 2.47. The van der Waals surface area contributed by atoms with Gasteiger partial charge in [-0.25, -0.2) is 0 Å². The molecule has 0 aromatic heterocycles. The summed E-state index contributed by atoms with van der Waals surface area (Å²) < 4.78 is 0. The van der Waals surface area contributed by atoms with Crippen molar-refractivity contribution < 1.29 is 4.79 Å². The summed E-state index contributed by atoms with van der Waals surface area (Å²) in [4.78, 5) is 12.4. The van der Waals surface area contributed by atoms with Gasteiger partial charge >= 0.3 is 0 Å². The van der Waals surface area contributed by atoms with Gasteiger partial charge in [-0.15, -0.1) is 0 Å². The molecule has 0 aliphatic heterocycles. The number of carbonyl (C=O) groups is 1. The van der Waals surface area contributed by atoms with Gasteiger partial charge < -0.3 is 5.32 Å². The third kappa shape index (κ3) is 3.08. The lowest BCUT2D eigenvalue weighted by Gasteiger charge is -2.16. The van der Waals surface area contributed by atoms with Crippen LogP contribution in [0.2, 0.25) is 0 Å². The van der Waals surface area contributed by atoms with Crippen molar-refractivity contribution in [2.45, 2.75) is 33.1 Å². The largest absolute Gasteiger partial charge is 0.322 e. The Bertz CT molecular complexity index is 604. The third-order valence-corrected chi connectivity index (χ3v) is 3.74. The lowest BCUT2D eigenvalue weighted by molar-refractivity contribution is 0.102. The third-order valence-electron chi connectivity index (χ3n) is 3.74. The van der Waals surface area contributed by atoms with E-state index in [2.05, 4.69) is 25.2 Å². The van der Waals surface area contributed by atoms with Crippen molar-refractivity contribution in [1.29, 1.82) is 0 Å². The van der Waals surface area contributed by atoms with E-state index in [1.165, 1.54) is 5.56 Å². The second-order valence-electron chi connectivity index (χ2n) is 5.17. The molecule has 1 amide bonds. The summed E-state index contributed by atoms with van der Waals surface area (Å²) >= 11 is 0. The molecule has 1 N–H and O–H groups in total. The zero-order valence-electron chi connectivity index (χ0n) is 12.3. The first-order valence-electron chi connectivity index (χ1n) is 7.09. The van der Waals surface area contributed by atoms with Gasteiger partial charge in [0.1, 0.15) is 0 Å². The van der Waals surface area contributed by atoms with Gasteiger partial charge in [-0.2, -0.15) is 0 Å². The molecule has 0 saturated carbocycles. The maximum absolute atomic E-state index is 12.4. The van der Waals surface area contributed by atoms with Gasteiger partial charge in [0.05, 0.1) is 0 Å². The number of anilines is 1. The van der Waals surface area contributed by atoms with Crippen LogP contribution in [0.3, 0.4) is 0 Å². The van der Waals surface area contributed by atoms with E-state index in [4.69, 9.17) is 0 Å². The number of para-hydroxylation sites is 1. The van der Waals surface area contributed by atoms with Crippen molar-refractivity contribution in [2.75, 3.05) is 5.32 Å². The summed E-state index contributed by atoms with van der Waals surface area (Å²) in [5.41, 5.74) is 3.82. The Morgan fingerprint density at radius 3 is 2.45 bits per heavy atom. The van der Waals surface area contributed by atoms with Gasteiger partial charge in [0, 0.05) is 11.3 Å². The number of hydrogen-bond donors (Lipinski definition) is 1. The molecule has 0 spiro atoms. The molecule has 2 rings (SSSR count). The predicted octanol–water partition coefficient (Wildman–Crippen LogP) is 4.76. The minimum absolute atomic E-state index is 0.0427. The van der Waals surface area contributed by atoms with Crippen LogP contribution in [-0.2, 0) is 0 Å². The second-order valence-corrected chi connectivity index (χ2v) is 5.17. The Morgan fingerprint density at radius 2 is 1.75 bits per heavy atom. The molecule has 1 atom stereocenters. The van der Waals surface area contributed by atoms with E-state index < -0.39 is 0 Å². The average molecular weight is 267 g/mol. The molecule has 0 saturated heterocycles. The molecule has 104 valence electrons. The van der Waals surface area contributed by atoms with Gasteiger partial charge in [-0.05, 0) is 42.5 Å². The molecule has 0 unspecified atom stereocenters.